The molecule has 1 N–H and O–H groups in total. The molecule has 0 aliphatic heterocycles. The minimum Gasteiger partial charge on any atom is -0.357 e. The third-order valence-electron chi connectivity index (χ3n) is 8.80. The van der Waals surface area contributed by atoms with Crippen molar-refractivity contribution < 1.29 is 0 Å². The monoisotopic (exact) mass is 505 g/mol. The van der Waals surface area contributed by atoms with Gasteiger partial charge in [0.15, 0.2) is 0 Å². The largest absolute Gasteiger partial charge is 0.357 e. The summed E-state index contributed by atoms with van der Waals surface area (Å²) in [5, 5.41) is 3.62. The predicted octanol–water partition coefficient (Wildman–Crippen LogP) is 7.73. The van der Waals surface area contributed by atoms with Gasteiger partial charge in [-0.2, -0.15) is 0 Å². The van der Waals surface area contributed by atoms with Crippen molar-refractivity contribution >= 4 is 22.2 Å². The van der Waals surface area contributed by atoms with E-state index in [-0.39, 0.29) is 11.0 Å². The zero-order chi connectivity index (χ0) is 25.3. The Morgan fingerprint density at radius 1 is 0.811 bits per heavy atom. The van der Waals surface area contributed by atoms with E-state index in [0.29, 0.717) is 0 Å². The molecule has 188 valence electrons. The Morgan fingerprint density at radius 3 is 2.24 bits per heavy atom. The first-order valence-electron chi connectivity index (χ1n) is 13.4. The summed E-state index contributed by atoms with van der Waals surface area (Å²) in [4.78, 5) is 12.2. The number of pyridine rings is 1. The molecule has 2 aromatic carbocycles. The lowest BCUT2D eigenvalue weighted by molar-refractivity contribution is 0.0745. The highest BCUT2D eigenvalue weighted by atomic mass is 32.1. The van der Waals surface area contributed by atoms with E-state index in [2.05, 4.69) is 113 Å². The summed E-state index contributed by atoms with van der Waals surface area (Å²) >= 11 is 1.92. The molecule has 3 nitrogen and oxygen atoms in total. The Labute approximate surface area is 224 Å². The topological polar surface area (TPSA) is 31.9 Å². The van der Waals surface area contributed by atoms with E-state index in [4.69, 9.17) is 0 Å². The second kappa shape index (κ2) is 9.92. The molecule has 0 atom stereocenters. The Hall–Kier alpha value is -3.21. The van der Waals surface area contributed by atoms with Crippen LogP contribution < -0.4 is 0 Å². The van der Waals surface area contributed by atoms with Crippen molar-refractivity contribution in [1.82, 2.24) is 14.9 Å². The molecule has 4 heteroatoms. The Bertz CT molecular complexity index is 1440. The lowest BCUT2D eigenvalue weighted by Gasteiger charge is -2.50. The van der Waals surface area contributed by atoms with Crippen molar-refractivity contribution in [3.05, 3.63) is 124 Å². The Kier molecular flexibility index (Phi) is 6.48. The third kappa shape index (κ3) is 4.22. The van der Waals surface area contributed by atoms with E-state index in [1.54, 1.807) is 0 Å². The smallest absolute Gasteiger partial charge is 0.0459 e. The maximum Gasteiger partial charge on any atom is 0.0459 e. The lowest BCUT2D eigenvalue weighted by Crippen LogP contribution is -2.48. The Balaban J connectivity index is 1.45. The fourth-order valence-electron chi connectivity index (χ4n) is 6.69. The Morgan fingerprint density at radius 2 is 1.54 bits per heavy atom. The van der Waals surface area contributed by atoms with Gasteiger partial charge in [-0.3, -0.25) is 9.88 Å². The molecule has 0 amide bonds. The number of nitrogens with one attached hydrogen (secondary N) is 1. The van der Waals surface area contributed by atoms with E-state index in [9.17, 15) is 0 Å². The second-order valence-corrected chi connectivity index (χ2v) is 11.7. The number of benzene rings is 2. The minimum absolute atomic E-state index is 0.00491. The minimum atomic E-state index is -0.00491. The van der Waals surface area contributed by atoms with Gasteiger partial charge in [-0.15, -0.1) is 11.3 Å². The highest BCUT2D eigenvalue weighted by Gasteiger charge is 2.48. The fourth-order valence-corrected chi connectivity index (χ4v) is 7.68. The second-order valence-electron chi connectivity index (χ2n) is 10.7. The molecule has 1 fully saturated rings. The third-order valence-corrected chi connectivity index (χ3v) is 9.87. The number of fused-ring (bicyclic) bond motifs is 1. The summed E-state index contributed by atoms with van der Waals surface area (Å²) < 4.78 is 0. The molecular weight excluding hydrogens is 470 g/mol. The van der Waals surface area contributed by atoms with Gasteiger partial charge >= 0.3 is 0 Å². The van der Waals surface area contributed by atoms with Gasteiger partial charge in [0.05, 0.1) is 0 Å². The van der Waals surface area contributed by atoms with Crippen molar-refractivity contribution in [1.29, 1.82) is 0 Å². The summed E-state index contributed by atoms with van der Waals surface area (Å²) in [6.07, 6.45) is 10.3. The van der Waals surface area contributed by atoms with Crippen molar-refractivity contribution in [2.75, 3.05) is 14.1 Å². The van der Waals surface area contributed by atoms with Crippen LogP contribution in [0.4, 0.5) is 0 Å². The number of nitrogens with zero attached hydrogens (tertiary/aromatic N) is 2. The highest BCUT2D eigenvalue weighted by molar-refractivity contribution is 7.10. The van der Waals surface area contributed by atoms with Gasteiger partial charge in [0.25, 0.3) is 0 Å². The number of para-hydroxylation sites is 1. The maximum atomic E-state index is 4.22. The van der Waals surface area contributed by atoms with Crippen LogP contribution in [0.5, 0.6) is 0 Å². The zero-order valence-corrected chi connectivity index (χ0v) is 22.6. The maximum absolute atomic E-state index is 4.22. The highest BCUT2D eigenvalue weighted by Crippen LogP contribution is 2.54. The van der Waals surface area contributed by atoms with Crippen molar-refractivity contribution in [3.8, 4) is 0 Å². The molecule has 1 aliphatic carbocycles. The number of aromatic nitrogens is 2. The predicted molar refractivity (Wildman–Crippen MR) is 155 cm³/mol. The number of H-pyrrole nitrogens is 1. The summed E-state index contributed by atoms with van der Waals surface area (Å²) in [6, 6.07) is 28.9. The van der Waals surface area contributed by atoms with Crippen LogP contribution in [0.25, 0.3) is 10.9 Å². The number of hydrogen-bond donors (Lipinski definition) is 1. The van der Waals surface area contributed by atoms with Gasteiger partial charge in [0.2, 0.25) is 0 Å². The fraction of sp³-hybridized carbons (Fsp3) is 0.303. The first-order chi connectivity index (χ1) is 18.1. The summed E-state index contributed by atoms with van der Waals surface area (Å²) in [5.41, 5.74) is 7.01. The quantitative estimate of drug-likeness (QED) is 0.245. The summed E-state index contributed by atoms with van der Waals surface area (Å²) in [7, 11) is 4.52. The molecule has 0 unspecified atom stereocenters. The lowest BCUT2D eigenvalue weighted by atomic mass is 9.62. The molecule has 6 rings (SSSR count). The van der Waals surface area contributed by atoms with Crippen LogP contribution in [0.15, 0.2) is 96.6 Å². The first kappa shape index (κ1) is 24.1. The van der Waals surface area contributed by atoms with E-state index in [0.717, 1.165) is 38.5 Å². The van der Waals surface area contributed by atoms with Gasteiger partial charge in [0, 0.05) is 44.8 Å². The number of aryl methyl sites for hydroxylation is 2. The van der Waals surface area contributed by atoms with E-state index in [1.165, 1.54) is 38.2 Å². The van der Waals surface area contributed by atoms with Gasteiger partial charge < -0.3 is 4.98 Å². The van der Waals surface area contributed by atoms with Crippen molar-refractivity contribution in [3.63, 3.8) is 0 Å². The van der Waals surface area contributed by atoms with Crippen molar-refractivity contribution in [2.24, 2.45) is 0 Å². The van der Waals surface area contributed by atoms with Crippen LogP contribution >= 0.6 is 11.3 Å². The number of hydrogen-bond acceptors (Lipinski definition) is 3. The van der Waals surface area contributed by atoms with Gasteiger partial charge in [-0.05, 0) is 99.0 Å². The first-order valence-corrected chi connectivity index (χ1v) is 14.3. The van der Waals surface area contributed by atoms with Crippen LogP contribution in [0, 0.1) is 0 Å². The molecule has 5 aromatic rings. The van der Waals surface area contributed by atoms with Crippen LogP contribution in [0.2, 0.25) is 0 Å². The zero-order valence-electron chi connectivity index (χ0n) is 21.8. The molecule has 0 spiro atoms. The van der Waals surface area contributed by atoms with Crippen LogP contribution in [0.1, 0.15) is 52.9 Å². The van der Waals surface area contributed by atoms with Gasteiger partial charge in [0.1, 0.15) is 0 Å². The summed E-state index contributed by atoms with van der Waals surface area (Å²) in [5.74, 6) is 0. The van der Waals surface area contributed by atoms with E-state index >= 15 is 0 Å². The standard InChI is InChI=1S/C33H35N3S/c1-36(2)33(26-9-4-3-5-10-26)20-18-32(19-21-33,30-13-8-24-37-30)31-28(15-14-25-16-22-34-23-17-25)27-11-6-7-12-29(27)35-31/h3-13,16-17,22-24,35H,14-15,18-21H2,1-2H3. The average molecular weight is 506 g/mol. The van der Waals surface area contributed by atoms with Crippen LogP contribution in [-0.4, -0.2) is 29.0 Å². The van der Waals surface area contributed by atoms with E-state index in [1.807, 2.05) is 23.7 Å². The molecule has 0 radical (unpaired) electrons. The SMILES string of the molecule is CN(C)C1(c2ccccc2)CCC(c2cccs2)(c2[nH]c3ccccc3c2CCc2ccncc2)CC1. The number of thiophene rings is 1. The summed E-state index contributed by atoms with van der Waals surface area (Å²) in [6.45, 7) is 0. The molecule has 1 aliphatic rings. The molecule has 0 bridgehead atoms. The average Bonchev–Trinajstić information content (AvgIpc) is 3.62. The van der Waals surface area contributed by atoms with Crippen LogP contribution in [-0.2, 0) is 23.8 Å². The number of rotatable bonds is 7. The molecular formula is C33H35N3S. The molecule has 3 aromatic heterocycles. The normalized spacial score (nSPS) is 22.0. The molecule has 1 saturated carbocycles. The van der Waals surface area contributed by atoms with Crippen LogP contribution in [0.3, 0.4) is 0 Å². The van der Waals surface area contributed by atoms with Crippen molar-refractivity contribution in [2.45, 2.75) is 49.5 Å². The molecule has 0 saturated heterocycles. The molecule has 3 heterocycles. The number of aromatic amines is 1. The van der Waals surface area contributed by atoms with Gasteiger partial charge in [-0.25, -0.2) is 0 Å². The van der Waals surface area contributed by atoms with E-state index < -0.39 is 0 Å². The van der Waals surface area contributed by atoms with Gasteiger partial charge in [-0.1, -0.05) is 54.6 Å². The molecule has 37 heavy (non-hydrogen) atoms.